The maximum absolute atomic E-state index is 13.6. The Morgan fingerprint density at radius 2 is 1.66 bits per heavy atom. The van der Waals surface area contributed by atoms with E-state index in [0.29, 0.717) is 24.2 Å². The molecule has 1 aliphatic heterocycles. The Balaban J connectivity index is 1.54. The summed E-state index contributed by atoms with van der Waals surface area (Å²) in [5.74, 6) is -1.31. The molecule has 3 amide bonds. The number of rotatable bonds is 8. The fourth-order valence-corrected chi connectivity index (χ4v) is 4.99. The quantitative estimate of drug-likeness (QED) is 0.422. The zero-order valence-corrected chi connectivity index (χ0v) is 20.2. The molecule has 184 valence electrons. The number of hydrogen-bond acceptors (Lipinski definition) is 5. The van der Waals surface area contributed by atoms with E-state index in [2.05, 4.69) is 0 Å². The van der Waals surface area contributed by atoms with E-state index in [1.54, 1.807) is 36.1 Å². The molecule has 0 radical (unpaired) electrons. The molecule has 7 nitrogen and oxygen atoms in total. The van der Waals surface area contributed by atoms with Gasteiger partial charge >= 0.3 is 5.97 Å². The van der Waals surface area contributed by atoms with Crippen LogP contribution in [0.2, 0.25) is 0 Å². The van der Waals surface area contributed by atoms with Crippen molar-refractivity contribution in [2.75, 3.05) is 18.1 Å². The van der Waals surface area contributed by atoms with Gasteiger partial charge in [0.15, 0.2) is 0 Å². The summed E-state index contributed by atoms with van der Waals surface area (Å²) in [5, 5.41) is 0. The Morgan fingerprint density at radius 1 is 0.971 bits per heavy atom. The SMILES string of the molecule is CCOC(=O)c1ccc(N2C(=O)CC(N(CCc3ccccc3)C(=O)C3CCCCC3)C2=O)cc1. The van der Waals surface area contributed by atoms with Crippen molar-refractivity contribution in [1.82, 2.24) is 4.90 Å². The molecular weight excluding hydrogens is 444 g/mol. The first-order chi connectivity index (χ1) is 17.0. The zero-order valence-electron chi connectivity index (χ0n) is 20.2. The molecule has 1 saturated carbocycles. The van der Waals surface area contributed by atoms with Gasteiger partial charge in [0.05, 0.1) is 24.3 Å². The van der Waals surface area contributed by atoms with Gasteiger partial charge < -0.3 is 9.64 Å². The van der Waals surface area contributed by atoms with Crippen molar-refractivity contribution in [3.63, 3.8) is 0 Å². The number of esters is 1. The Hall–Kier alpha value is -3.48. The van der Waals surface area contributed by atoms with Gasteiger partial charge in [0.2, 0.25) is 11.8 Å². The minimum Gasteiger partial charge on any atom is -0.462 e. The molecule has 1 saturated heterocycles. The summed E-state index contributed by atoms with van der Waals surface area (Å²) < 4.78 is 5.00. The predicted octanol–water partition coefficient (Wildman–Crippen LogP) is 4.15. The highest BCUT2D eigenvalue weighted by Gasteiger charge is 2.45. The number of imide groups is 1. The van der Waals surface area contributed by atoms with E-state index in [9.17, 15) is 19.2 Å². The maximum atomic E-state index is 13.6. The molecule has 0 spiro atoms. The summed E-state index contributed by atoms with van der Waals surface area (Å²) in [7, 11) is 0. The third kappa shape index (κ3) is 5.61. The van der Waals surface area contributed by atoms with Gasteiger partial charge in [-0.05, 0) is 56.0 Å². The maximum Gasteiger partial charge on any atom is 0.338 e. The first-order valence-electron chi connectivity index (χ1n) is 12.5. The van der Waals surface area contributed by atoms with Crippen molar-refractivity contribution in [2.24, 2.45) is 5.92 Å². The van der Waals surface area contributed by atoms with E-state index in [0.717, 1.165) is 42.6 Å². The summed E-state index contributed by atoms with van der Waals surface area (Å²) >= 11 is 0. The van der Waals surface area contributed by atoms with Crippen LogP contribution in [0, 0.1) is 5.92 Å². The number of ether oxygens (including phenoxy) is 1. The monoisotopic (exact) mass is 476 g/mol. The summed E-state index contributed by atoms with van der Waals surface area (Å²) in [4.78, 5) is 54.8. The van der Waals surface area contributed by atoms with Gasteiger partial charge in [-0.3, -0.25) is 14.4 Å². The van der Waals surface area contributed by atoms with Crippen molar-refractivity contribution >= 4 is 29.4 Å². The summed E-state index contributed by atoms with van der Waals surface area (Å²) in [6, 6.07) is 15.3. The Labute approximate surface area is 206 Å². The van der Waals surface area contributed by atoms with Crippen LogP contribution in [0.3, 0.4) is 0 Å². The van der Waals surface area contributed by atoms with Crippen LogP contribution in [0.4, 0.5) is 5.69 Å². The van der Waals surface area contributed by atoms with Crippen LogP contribution >= 0.6 is 0 Å². The van der Waals surface area contributed by atoms with E-state index < -0.39 is 17.9 Å². The van der Waals surface area contributed by atoms with E-state index >= 15 is 0 Å². The van der Waals surface area contributed by atoms with E-state index in [-0.39, 0.29) is 30.8 Å². The number of carbonyl (C=O) groups excluding carboxylic acids is 4. The van der Waals surface area contributed by atoms with Gasteiger partial charge in [0.1, 0.15) is 6.04 Å². The van der Waals surface area contributed by atoms with Crippen LogP contribution in [0.1, 0.15) is 61.4 Å². The Bertz CT molecular complexity index is 1060. The van der Waals surface area contributed by atoms with Crippen molar-refractivity contribution in [3.05, 3.63) is 65.7 Å². The molecule has 1 heterocycles. The van der Waals surface area contributed by atoms with Crippen LogP contribution in [-0.4, -0.2) is 47.8 Å². The van der Waals surface area contributed by atoms with Crippen LogP contribution in [0.15, 0.2) is 54.6 Å². The van der Waals surface area contributed by atoms with Gasteiger partial charge in [0.25, 0.3) is 5.91 Å². The lowest BCUT2D eigenvalue weighted by Gasteiger charge is -2.32. The van der Waals surface area contributed by atoms with E-state index in [4.69, 9.17) is 4.74 Å². The number of amides is 3. The molecule has 4 rings (SSSR count). The topological polar surface area (TPSA) is 84.0 Å². The molecule has 0 N–H and O–H groups in total. The van der Waals surface area contributed by atoms with Crippen LogP contribution in [0.25, 0.3) is 0 Å². The zero-order chi connectivity index (χ0) is 24.8. The number of anilines is 1. The third-order valence-electron chi connectivity index (χ3n) is 6.86. The Morgan fingerprint density at radius 3 is 2.31 bits per heavy atom. The molecule has 2 aliphatic rings. The minimum atomic E-state index is -0.814. The van der Waals surface area contributed by atoms with Gasteiger partial charge in [-0.15, -0.1) is 0 Å². The number of nitrogens with zero attached hydrogens (tertiary/aromatic N) is 2. The van der Waals surface area contributed by atoms with Crippen LogP contribution in [-0.2, 0) is 25.5 Å². The predicted molar refractivity (Wildman–Crippen MR) is 132 cm³/mol. The molecule has 2 aromatic carbocycles. The number of benzene rings is 2. The summed E-state index contributed by atoms with van der Waals surface area (Å²) in [5.41, 5.74) is 1.82. The largest absolute Gasteiger partial charge is 0.462 e. The second-order valence-corrected chi connectivity index (χ2v) is 9.16. The highest BCUT2D eigenvalue weighted by atomic mass is 16.5. The average molecular weight is 477 g/mol. The van der Waals surface area contributed by atoms with E-state index in [1.165, 1.54) is 0 Å². The lowest BCUT2D eigenvalue weighted by Crippen LogP contribution is -2.48. The average Bonchev–Trinajstić information content (AvgIpc) is 3.18. The normalized spacial score (nSPS) is 18.5. The molecule has 1 unspecified atom stereocenters. The molecule has 0 bridgehead atoms. The van der Waals surface area contributed by atoms with Crippen LogP contribution < -0.4 is 4.90 Å². The molecule has 2 fully saturated rings. The molecule has 7 heteroatoms. The number of carbonyl (C=O) groups is 4. The smallest absolute Gasteiger partial charge is 0.338 e. The van der Waals surface area contributed by atoms with Crippen molar-refractivity contribution in [1.29, 1.82) is 0 Å². The van der Waals surface area contributed by atoms with Crippen molar-refractivity contribution < 1.29 is 23.9 Å². The first kappa shape index (κ1) is 24.6. The highest BCUT2D eigenvalue weighted by Crippen LogP contribution is 2.30. The fraction of sp³-hybridized carbons (Fsp3) is 0.429. The fourth-order valence-electron chi connectivity index (χ4n) is 4.99. The molecular formula is C28H32N2O5. The summed E-state index contributed by atoms with van der Waals surface area (Å²) in [6.07, 6.45) is 5.39. The molecule has 1 aliphatic carbocycles. The van der Waals surface area contributed by atoms with Gasteiger partial charge in [-0.2, -0.15) is 0 Å². The van der Waals surface area contributed by atoms with Gasteiger partial charge in [-0.1, -0.05) is 49.6 Å². The molecule has 1 atom stereocenters. The highest BCUT2D eigenvalue weighted by molar-refractivity contribution is 6.23. The first-order valence-corrected chi connectivity index (χ1v) is 12.5. The lowest BCUT2D eigenvalue weighted by molar-refractivity contribution is -0.142. The van der Waals surface area contributed by atoms with Crippen molar-refractivity contribution in [3.8, 4) is 0 Å². The van der Waals surface area contributed by atoms with Gasteiger partial charge in [-0.25, -0.2) is 9.69 Å². The molecule has 0 aromatic heterocycles. The summed E-state index contributed by atoms with van der Waals surface area (Å²) in [6.45, 7) is 2.38. The third-order valence-corrected chi connectivity index (χ3v) is 6.86. The molecule has 35 heavy (non-hydrogen) atoms. The second-order valence-electron chi connectivity index (χ2n) is 9.16. The second kappa shape index (κ2) is 11.3. The van der Waals surface area contributed by atoms with E-state index in [1.807, 2.05) is 30.3 Å². The lowest BCUT2D eigenvalue weighted by atomic mass is 9.87. The standard InChI is InChI=1S/C28H32N2O5/c1-2-35-28(34)22-13-15-23(16-14-22)30-25(31)19-24(27(30)33)29(18-17-20-9-5-3-6-10-20)26(32)21-11-7-4-8-12-21/h3,5-6,9-10,13-16,21,24H,2,4,7-8,11-12,17-19H2,1H3. The van der Waals surface area contributed by atoms with Crippen LogP contribution in [0.5, 0.6) is 0 Å². The number of hydrogen-bond donors (Lipinski definition) is 0. The van der Waals surface area contributed by atoms with Gasteiger partial charge in [0, 0.05) is 12.5 Å². The minimum absolute atomic E-state index is 0.0220. The van der Waals surface area contributed by atoms with Crippen molar-refractivity contribution in [2.45, 2.75) is 57.9 Å². The molecule has 2 aromatic rings. The Kier molecular flexibility index (Phi) is 7.95.